The fourth-order valence-electron chi connectivity index (χ4n) is 11.4. The van der Waals surface area contributed by atoms with Crippen LogP contribution in [0.1, 0.15) is 252 Å². The summed E-state index contributed by atoms with van der Waals surface area (Å²) in [6.45, 7) is 80.1. The highest BCUT2D eigenvalue weighted by atomic mass is 32.1. The van der Waals surface area contributed by atoms with Crippen molar-refractivity contribution in [1.82, 2.24) is 85.6 Å². The Balaban J connectivity index is -0.000000266. The summed E-state index contributed by atoms with van der Waals surface area (Å²) < 4.78 is 0. The highest BCUT2D eigenvalue weighted by Crippen LogP contribution is 2.22. The van der Waals surface area contributed by atoms with Gasteiger partial charge in [0.25, 0.3) is 0 Å². The van der Waals surface area contributed by atoms with Crippen molar-refractivity contribution in [1.29, 1.82) is 0 Å². The zero-order valence-electron chi connectivity index (χ0n) is 86.5. The van der Waals surface area contributed by atoms with Gasteiger partial charge in [-0.25, -0.2) is 0 Å². The molecule has 0 radical (unpaired) electrons. The molecule has 129 heavy (non-hydrogen) atoms. The van der Waals surface area contributed by atoms with E-state index in [1.54, 1.807) is 0 Å². The Morgan fingerprint density at radius 1 is 0.349 bits per heavy atom. The largest absolute Gasteiger partial charge is 0.386 e. The number of thiophene rings is 1. The number of nitrogens with one attached hydrogen (secondary N) is 7. The number of benzene rings is 2. The topological polar surface area (TPSA) is 194 Å². The monoisotopic (exact) mass is 1800 g/mol. The molecular formula is C109H191N19S. The number of likely N-dealkylation sites (N-methyl/N-ethyl adjacent to an activating group) is 2. The third-order valence-electron chi connectivity index (χ3n) is 17.2. The molecule has 9 aromatic heterocycles. The Morgan fingerprint density at radius 2 is 0.736 bits per heavy atom. The second-order valence-corrected chi connectivity index (χ2v) is 25.9. The van der Waals surface area contributed by atoms with Crippen LogP contribution in [0.15, 0.2) is 243 Å². The number of hydrogen-bond acceptors (Lipinski definition) is 19. The summed E-state index contributed by atoms with van der Waals surface area (Å²) in [5, 5.41) is 23.4. The normalized spacial score (nSPS) is 10.7. The van der Waals surface area contributed by atoms with Gasteiger partial charge in [-0.2, -0.15) is 0 Å². The number of fused-ring (bicyclic) bond motifs is 1. The summed E-state index contributed by atoms with van der Waals surface area (Å²) in [4.78, 5) is 47.4. The lowest BCUT2D eigenvalue weighted by atomic mass is 10.1. The maximum Gasteiger partial charge on any atom is 0.0933 e. The molecule has 7 N–H and O–H groups in total. The molecule has 1 aliphatic rings. The SMILES string of the molecule is C.CC.CC.CC.CC.CC.CC.CC.CC.CC.CC.CC.CC.CCN(Cc1ccccn1)Cc1ccccn1.CCN(Cc1ccccn1)Cc1cccs1.CCN1CCNCCNCCNCC1.CCNc1ccccc1CN(Cc1ccccn1)Cc1ccc[nH]1.CNCCN(CCc1ccccn1)CCc1ccccn1.CNc1cccc2cccnc12. The van der Waals surface area contributed by atoms with Crippen LogP contribution in [0.4, 0.5) is 11.4 Å². The fourth-order valence-corrected chi connectivity index (χ4v) is 12.1. The number of aromatic nitrogens is 8. The molecule has 12 rings (SSSR count). The van der Waals surface area contributed by atoms with Crippen molar-refractivity contribution in [2.75, 3.05) is 129 Å². The number of hydrogen-bond donors (Lipinski definition) is 7. The standard InChI is InChI=1S/C20H24N4.C17H24N4.C14H17N3.C13H16N2S.C10H24N4.C10H10N2.12C2H6.CH4/c1-2-21-20-11-4-3-8-17(20)14-24(16-19-10-7-13-23-19)15-18-9-5-6-12-22-18;1-18-12-15-21(13-8-16-6-2-4-10-19-16)14-9-17-7-3-5-11-20-17;1-2-17(11-13-7-3-5-9-15-13)12-14-8-4-6-10-16-14;1-2-15(11-13-7-5-9-16-13)10-12-6-3-4-8-14-12;1-2-14-9-7-12-5-3-11-4-6-13-8-10-14;1-11-9-6-2-4-8-5-3-7-12-10(8)9;12*1-2;/h3-13,21,23H,2,14-16H2,1H3;2-7,10-11,18H,8-9,12-15H2,1H3;3-10H,2,11-12H2,1H3;3-9H,2,10-11H2,1H3;11-13H,2-10H2,1H3;2-7,11H,1H3;12*1-2H3;1H4. The van der Waals surface area contributed by atoms with E-state index in [4.69, 9.17) is 0 Å². The second kappa shape index (κ2) is 106. The van der Waals surface area contributed by atoms with Crippen molar-refractivity contribution in [3.8, 4) is 0 Å². The van der Waals surface area contributed by atoms with Gasteiger partial charge < -0.3 is 46.7 Å². The quantitative estimate of drug-likeness (QED) is 0.0234. The van der Waals surface area contributed by atoms with Gasteiger partial charge in [0.1, 0.15) is 0 Å². The summed E-state index contributed by atoms with van der Waals surface area (Å²) in [5.41, 5.74) is 12.6. The van der Waals surface area contributed by atoms with Crippen LogP contribution in [-0.4, -0.2) is 183 Å². The summed E-state index contributed by atoms with van der Waals surface area (Å²) >= 11 is 1.82. The van der Waals surface area contributed by atoms with E-state index in [2.05, 4.69) is 220 Å². The van der Waals surface area contributed by atoms with E-state index >= 15 is 0 Å². The first-order valence-electron chi connectivity index (χ1n) is 49.1. The maximum absolute atomic E-state index is 4.48. The minimum Gasteiger partial charge on any atom is -0.386 e. The van der Waals surface area contributed by atoms with Crippen LogP contribution >= 0.6 is 11.3 Å². The maximum atomic E-state index is 4.48. The van der Waals surface area contributed by atoms with Crippen LogP contribution < -0.4 is 31.9 Å². The highest BCUT2D eigenvalue weighted by molar-refractivity contribution is 7.09. The van der Waals surface area contributed by atoms with E-state index in [9.17, 15) is 0 Å². The molecular weight excluding hydrogens is 1610 g/mol. The van der Waals surface area contributed by atoms with Crippen LogP contribution in [0.25, 0.3) is 10.9 Å². The molecule has 1 aliphatic heterocycles. The number of para-hydroxylation sites is 2. The molecule has 0 amide bonds. The first kappa shape index (κ1) is 133. The van der Waals surface area contributed by atoms with Crippen molar-refractivity contribution in [2.24, 2.45) is 0 Å². The molecule has 11 aromatic rings. The van der Waals surface area contributed by atoms with Gasteiger partial charge in [0, 0.05) is 233 Å². The van der Waals surface area contributed by atoms with Crippen LogP contribution in [0.2, 0.25) is 0 Å². The van der Waals surface area contributed by atoms with Crippen molar-refractivity contribution < 1.29 is 0 Å². The Morgan fingerprint density at radius 3 is 1.11 bits per heavy atom. The molecule has 0 spiro atoms. The average molecular weight is 1800 g/mol. The average Bonchev–Trinajstić information content (AvgIpc) is 1.06. The second-order valence-electron chi connectivity index (χ2n) is 24.9. The van der Waals surface area contributed by atoms with Crippen LogP contribution in [0, 0.1) is 0 Å². The molecule has 20 heteroatoms. The smallest absolute Gasteiger partial charge is 0.0933 e. The van der Waals surface area contributed by atoms with Gasteiger partial charge in [-0.05, 0) is 154 Å². The number of anilines is 2. The predicted molar refractivity (Wildman–Crippen MR) is 576 cm³/mol. The van der Waals surface area contributed by atoms with Crippen molar-refractivity contribution in [3.05, 3.63) is 293 Å². The summed E-state index contributed by atoms with van der Waals surface area (Å²) in [5.74, 6) is 0. The molecule has 0 unspecified atom stereocenters. The molecule has 10 heterocycles. The zero-order chi connectivity index (χ0) is 97.0. The lowest BCUT2D eigenvalue weighted by molar-refractivity contribution is 0.242. The molecule has 1 saturated heterocycles. The number of H-pyrrole nitrogens is 1. The zero-order valence-corrected chi connectivity index (χ0v) is 87.4. The molecule has 1 fully saturated rings. The molecule has 0 atom stereocenters. The molecule has 19 nitrogen and oxygen atoms in total. The molecule has 0 aliphatic carbocycles. The number of pyridine rings is 7. The lowest BCUT2D eigenvalue weighted by Crippen LogP contribution is -2.41. The van der Waals surface area contributed by atoms with Gasteiger partial charge in [0.15, 0.2) is 0 Å². The number of aromatic amines is 1. The van der Waals surface area contributed by atoms with Gasteiger partial charge in [-0.15, -0.1) is 11.3 Å². The Kier molecular flexibility index (Phi) is 109. The summed E-state index contributed by atoms with van der Waals surface area (Å²) in [6, 6.07) is 63.5. The highest BCUT2D eigenvalue weighted by Gasteiger charge is 2.14. The minimum absolute atomic E-state index is 0. The van der Waals surface area contributed by atoms with E-state index in [-0.39, 0.29) is 7.43 Å². The molecule has 0 bridgehead atoms. The van der Waals surface area contributed by atoms with Crippen molar-refractivity contribution in [3.63, 3.8) is 0 Å². The fraction of sp³-hybridized carbons (Fsp3) is 0.514. The van der Waals surface area contributed by atoms with Crippen molar-refractivity contribution >= 4 is 33.6 Å². The summed E-state index contributed by atoms with van der Waals surface area (Å²) in [6.07, 6.45) is 16.9. The van der Waals surface area contributed by atoms with Crippen LogP contribution in [-0.2, 0) is 58.7 Å². The van der Waals surface area contributed by atoms with E-state index in [0.717, 1.165) is 209 Å². The Bertz CT molecular complexity index is 3720. The first-order chi connectivity index (χ1) is 63.3. The van der Waals surface area contributed by atoms with Gasteiger partial charge in [0.05, 0.1) is 34.0 Å². The van der Waals surface area contributed by atoms with Crippen LogP contribution in [0.5, 0.6) is 0 Å². The molecule has 0 saturated carbocycles. The van der Waals surface area contributed by atoms with Crippen LogP contribution in [0.3, 0.4) is 0 Å². The van der Waals surface area contributed by atoms with Gasteiger partial charge in [0.2, 0.25) is 0 Å². The molecule has 728 valence electrons. The Labute approximate surface area is 797 Å². The van der Waals surface area contributed by atoms with E-state index in [1.165, 1.54) is 27.2 Å². The minimum atomic E-state index is 0. The van der Waals surface area contributed by atoms with E-state index in [1.807, 2.05) is 338 Å². The number of nitrogens with zero attached hydrogens (tertiary/aromatic N) is 12. The first-order valence-corrected chi connectivity index (χ1v) is 50.0. The van der Waals surface area contributed by atoms with Gasteiger partial charge in [-0.1, -0.05) is 273 Å². The summed E-state index contributed by atoms with van der Waals surface area (Å²) in [7, 11) is 3.90. The van der Waals surface area contributed by atoms with E-state index < -0.39 is 0 Å². The molecule has 2 aromatic carbocycles. The van der Waals surface area contributed by atoms with Gasteiger partial charge >= 0.3 is 0 Å². The number of rotatable bonds is 29. The van der Waals surface area contributed by atoms with Crippen molar-refractivity contribution in [2.45, 2.75) is 260 Å². The van der Waals surface area contributed by atoms with E-state index in [0.29, 0.717) is 0 Å². The third-order valence-corrected chi connectivity index (χ3v) is 18.0. The predicted octanol–water partition coefficient (Wildman–Crippen LogP) is 25.8. The third kappa shape index (κ3) is 70.5. The Hall–Kier alpha value is -9.03. The lowest BCUT2D eigenvalue weighted by Gasteiger charge is -2.23. The van der Waals surface area contributed by atoms with Gasteiger partial charge in [-0.3, -0.25) is 49.6 Å².